The molecule has 1 heterocycles. The number of benzene rings is 1. The highest BCUT2D eigenvalue weighted by molar-refractivity contribution is 6.30. The van der Waals surface area contributed by atoms with Crippen molar-refractivity contribution in [2.75, 3.05) is 40.0 Å². The normalized spacial score (nSPS) is 18.1. The van der Waals surface area contributed by atoms with E-state index in [1.54, 1.807) is 7.11 Å². The number of halogens is 1. The maximum atomic E-state index is 5.96. The predicted octanol–water partition coefficient (Wildman–Crippen LogP) is 2.92. The number of hydrogen-bond acceptors (Lipinski definition) is 3. The van der Waals surface area contributed by atoms with Crippen LogP contribution in [0, 0.1) is 5.41 Å². The van der Waals surface area contributed by atoms with Crippen molar-refractivity contribution in [2.45, 2.75) is 19.3 Å². The molecule has 4 heteroatoms. The Morgan fingerprint density at radius 2 is 1.95 bits per heavy atom. The van der Waals surface area contributed by atoms with Gasteiger partial charge < -0.3 is 14.8 Å². The van der Waals surface area contributed by atoms with Gasteiger partial charge in [0.1, 0.15) is 0 Å². The second-order valence-corrected chi connectivity index (χ2v) is 6.02. The van der Waals surface area contributed by atoms with Crippen molar-refractivity contribution in [2.24, 2.45) is 5.41 Å². The minimum atomic E-state index is 0.291. The standard InChI is InChI=1S/C16H24ClNO2/c1-19-11-8-18-13-16(6-9-20-10-7-16)12-14-2-4-15(17)5-3-14/h2-5,18H,6-13H2,1H3. The molecule has 0 unspecified atom stereocenters. The fraction of sp³-hybridized carbons (Fsp3) is 0.625. The van der Waals surface area contributed by atoms with Crippen LogP contribution >= 0.6 is 11.6 Å². The summed E-state index contributed by atoms with van der Waals surface area (Å²) >= 11 is 5.96. The lowest BCUT2D eigenvalue weighted by Gasteiger charge is -2.37. The van der Waals surface area contributed by atoms with Crippen LogP contribution in [0.25, 0.3) is 0 Å². The molecule has 112 valence electrons. The summed E-state index contributed by atoms with van der Waals surface area (Å²) in [6.45, 7) is 4.40. The van der Waals surface area contributed by atoms with E-state index in [0.29, 0.717) is 5.41 Å². The first-order valence-corrected chi connectivity index (χ1v) is 7.64. The Morgan fingerprint density at radius 3 is 2.60 bits per heavy atom. The molecule has 1 aromatic carbocycles. The van der Waals surface area contributed by atoms with Crippen LogP contribution in [0.5, 0.6) is 0 Å². The minimum Gasteiger partial charge on any atom is -0.383 e. The Morgan fingerprint density at radius 1 is 1.25 bits per heavy atom. The SMILES string of the molecule is COCCNCC1(Cc2ccc(Cl)cc2)CCOCC1. The Balaban J connectivity index is 1.96. The third-order valence-corrected chi connectivity index (χ3v) is 4.28. The summed E-state index contributed by atoms with van der Waals surface area (Å²) in [7, 11) is 1.74. The van der Waals surface area contributed by atoms with Gasteiger partial charge in [-0.2, -0.15) is 0 Å². The Kier molecular flexibility index (Phi) is 6.30. The molecule has 0 saturated carbocycles. The monoisotopic (exact) mass is 297 g/mol. The third kappa shape index (κ3) is 4.74. The zero-order chi connectivity index (χ0) is 14.3. The summed E-state index contributed by atoms with van der Waals surface area (Å²) in [5, 5.41) is 4.32. The van der Waals surface area contributed by atoms with E-state index in [9.17, 15) is 0 Å². The zero-order valence-corrected chi connectivity index (χ0v) is 12.9. The van der Waals surface area contributed by atoms with Gasteiger partial charge in [-0.25, -0.2) is 0 Å². The lowest BCUT2D eigenvalue weighted by molar-refractivity contribution is 0.0143. The molecule has 1 aliphatic heterocycles. The van der Waals surface area contributed by atoms with Crippen LogP contribution in [0.2, 0.25) is 5.02 Å². The van der Waals surface area contributed by atoms with E-state index in [2.05, 4.69) is 17.4 Å². The second-order valence-electron chi connectivity index (χ2n) is 5.59. The third-order valence-electron chi connectivity index (χ3n) is 4.03. The Bertz CT molecular complexity index is 388. The molecule has 1 saturated heterocycles. The molecule has 1 aromatic rings. The number of rotatable bonds is 7. The zero-order valence-electron chi connectivity index (χ0n) is 12.2. The fourth-order valence-corrected chi connectivity index (χ4v) is 2.91. The topological polar surface area (TPSA) is 30.5 Å². The molecule has 0 radical (unpaired) electrons. The van der Waals surface area contributed by atoms with E-state index in [-0.39, 0.29) is 0 Å². The number of nitrogens with one attached hydrogen (secondary N) is 1. The van der Waals surface area contributed by atoms with Crippen molar-refractivity contribution in [3.05, 3.63) is 34.9 Å². The first-order valence-electron chi connectivity index (χ1n) is 7.26. The summed E-state index contributed by atoms with van der Waals surface area (Å²) < 4.78 is 10.6. The highest BCUT2D eigenvalue weighted by Crippen LogP contribution is 2.34. The summed E-state index contributed by atoms with van der Waals surface area (Å²) in [6.07, 6.45) is 3.29. The van der Waals surface area contributed by atoms with Crippen LogP contribution in [0.1, 0.15) is 18.4 Å². The van der Waals surface area contributed by atoms with Gasteiger partial charge in [-0.05, 0) is 42.4 Å². The minimum absolute atomic E-state index is 0.291. The van der Waals surface area contributed by atoms with E-state index in [1.165, 1.54) is 5.56 Å². The van der Waals surface area contributed by atoms with E-state index in [1.807, 2.05) is 12.1 Å². The molecule has 1 aliphatic rings. The van der Waals surface area contributed by atoms with Crippen LogP contribution in [0.4, 0.5) is 0 Å². The number of methoxy groups -OCH3 is 1. The molecular weight excluding hydrogens is 274 g/mol. The van der Waals surface area contributed by atoms with E-state index < -0.39 is 0 Å². The molecule has 1 fully saturated rings. The molecule has 0 atom stereocenters. The lowest BCUT2D eigenvalue weighted by Crippen LogP contribution is -2.41. The summed E-state index contributed by atoms with van der Waals surface area (Å²) in [5.41, 5.74) is 1.64. The largest absolute Gasteiger partial charge is 0.383 e. The predicted molar refractivity (Wildman–Crippen MR) is 82.4 cm³/mol. The quantitative estimate of drug-likeness (QED) is 0.785. The second kappa shape index (κ2) is 7.99. The molecule has 2 rings (SSSR count). The van der Waals surface area contributed by atoms with Gasteiger partial charge in [-0.3, -0.25) is 0 Å². The van der Waals surface area contributed by atoms with Gasteiger partial charge in [0.05, 0.1) is 6.61 Å². The molecule has 0 aliphatic carbocycles. The first-order chi connectivity index (χ1) is 9.74. The smallest absolute Gasteiger partial charge is 0.0587 e. The number of ether oxygens (including phenoxy) is 2. The van der Waals surface area contributed by atoms with Crippen molar-refractivity contribution in [3.63, 3.8) is 0 Å². The number of hydrogen-bond donors (Lipinski definition) is 1. The van der Waals surface area contributed by atoms with Gasteiger partial charge in [-0.15, -0.1) is 0 Å². The Hall–Kier alpha value is -0.610. The van der Waals surface area contributed by atoms with E-state index in [4.69, 9.17) is 21.1 Å². The van der Waals surface area contributed by atoms with Gasteiger partial charge in [0.2, 0.25) is 0 Å². The van der Waals surface area contributed by atoms with Crippen LogP contribution < -0.4 is 5.32 Å². The highest BCUT2D eigenvalue weighted by atomic mass is 35.5. The fourth-order valence-electron chi connectivity index (χ4n) is 2.78. The van der Waals surface area contributed by atoms with Crippen molar-refractivity contribution in [1.29, 1.82) is 0 Å². The van der Waals surface area contributed by atoms with Gasteiger partial charge in [0.15, 0.2) is 0 Å². The average molecular weight is 298 g/mol. The van der Waals surface area contributed by atoms with Gasteiger partial charge in [0.25, 0.3) is 0 Å². The summed E-state index contributed by atoms with van der Waals surface area (Å²) in [5.74, 6) is 0. The molecule has 3 nitrogen and oxygen atoms in total. The van der Waals surface area contributed by atoms with Crippen molar-refractivity contribution < 1.29 is 9.47 Å². The lowest BCUT2D eigenvalue weighted by atomic mass is 9.75. The maximum absolute atomic E-state index is 5.96. The average Bonchev–Trinajstić information content (AvgIpc) is 2.47. The molecule has 0 aromatic heterocycles. The van der Waals surface area contributed by atoms with Crippen molar-refractivity contribution in [3.8, 4) is 0 Å². The molecule has 0 spiro atoms. The molecular formula is C16H24ClNO2. The van der Waals surface area contributed by atoms with Gasteiger partial charge in [-0.1, -0.05) is 23.7 Å². The maximum Gasteiger partial charge on any atom is 0.0587 e. The van der Waals surface area contributed by atoms with Crippen molar-refractivity contribution >= 4 is 11.6 Å². The summed E-state index contributed by atoms with van der Waals surface area (Å²) in [4.78, 5) is 0. The summed E-state index contributed by atoms with van der Waals surface area (Å²) in [6, 6.07) is 8.22. The van der Waals surface area contributed by atoms with E-state index in [0.717, 1.165) is 57.2 Å². The van der Waals surface area contributed by atoms with Crippen LogP contribution in [0.15, 0.2) is 24.3 Å². The highest BCUT2D eigenvalue weighted by Gasteiger charge is 2.32. The van der Waals surface area contributed by atoms with Crippen LogP contribution in [0.3, 0.4) is 0 Å². The van der Waals surface area contributed by atoms with Gasteiger partial charge in [0, 0.05) is 38.4 Å². The Labute approximate surface area is 126 Å². The van der Waals surface area contributed by atoms with Crippen LogP contribution in [-0.4, -0.2) is 40.0 Å². The van der Waals surface area contributed by atoms with Crippen LogP contribution in [-0.2, 0) is 15.9 Å². The molecule has 1 N–H and O–H groups in total. The van der Waals surface area contributed by atoms with E-state index >= 15 is 0 Å². The van der Waals surface area contributed by atoms with Crippen molar-refractivity contribution in [1.82, 2.24) is 5.32 Å². The molecule has 20 heavy (non-hydrogen) atoms. The molecule has 0 bridgehead atoms. The van der Waals surface area contributed by atoms with Gasteiger partial charge >= 0.3 is 0 Å². The first kappa shape index (κ1) is 15.8. The molecule has 0 amide bonds.